The van der Waals surface area contributed by atoms with E-state index in [1.807, 2.05) is 0 Å². The van der Waals surface area contributed by atoms with Crippen LogP contribution in [-0.4, -0.2) is 52.2 Å². The number of carbonyl (C=O) groups excluding carboxylic acids is 1. The van der Waals surface area contributed by atoms with E-state index in [2.05, 4.69) is 5.32 Å². The minimum atomic E-state index is -1.33. The number of nitro benzene ring substituents is 1. The number of carboxylic acids is 1. The van der Waals surface area contributed by atoms with Crippen LogP contribution in [0.1, 0.15) is 24.2 Å². The minimum absolute atomic E-state index is 0.149. The van der Waals surface area contributed by atoms with Crippen LogP contribution >= 0.6 is 0 Å². The summed E-state index contributed by atoms with van der Waals surface area (Å²) < 4.78 is 16.4. The molecule has 2 N–H and O–H groups in total. The van der Waals surface area contributed by atoms with Crippen molar-refractivity contribution in [3.8, 4) is 0 Å². The molecule has 1 amide bonds. The number of non-ortho nitro benzene ring substituents is 1. The number of nitrogens with one attached hydrogen (secondary N) is 1. The Balaban J connectivity index is 1.77. The number of fused-ring (bicyclic) bond motifs is 1. The number of carboxylic acid groups (broad SMARTS) is 1. The highest BCUT2D eigenvalue weighted by Crippen LogP contribution is 2.37. The summed E-state index contributed by atoms with van der Waals surface area (Å²) in [6, 6.07) is 3.98. The zero-order chi connectivity index (χ0) is 18.4. The van der Waals surface area contributed by atoms with Gasteiger partial charge in [-0.25, -0.2) is 4.79 Å². The molecule has 10 heteroatoms. The first-order chi connectivity index (χ1) is 11.7. The number of aliphatic carboxylic acids is 1. The third kappa shape index (κ3) is 3.31. The standard InChI is InChI=1S/C15H16N2O8/c1-15(2)24-11-9(10(13(19)20)23-14(11)25-15)16-12(18)7-3-5-8(6-4-7)17(21)22/h3-6,9-11,14H,1-2H3,(H,16,18)(H,19,20)/t9-,10+,11-,14-/m1/s1. The van der Waals surface area contributed by atoms with Crippen molar-refractivity contribution in [2.24, 2.45) is 0 Å². The van der Waals surface area contributed by atoms with Crippen LogP contribution in [0.25, 0.3) is 0 Å². The van der Waals surface area contributed by atoms with Gasteiger partial charge in [0.15, 0.2) is 18.2 Å². The molecule has 0 spiro atoms. The number of nitrogens with zero attached hydrogens (tertiary/aromatic N) is 1. The van der Waals surface area contributed by atoms with Crippen molar-refractivity contribution in [2.45, 2.75) is 44.2 Å². The summed E-state index contributed by atoms with van der Waals surface area (Å²) in [7, 11) is 0. The summed E-state index contributed by atoms with van der Waals surface area (Å²) in [6.45, 7) is 3.30. The largest absolute Gasteiger partial charge is 0.479 e. The molecule has 2 heterocycles. The van der Waals surface area contributed by atoms with Crippen molar-refractivity contribution in [2.75, 3.05) is 0 Å². The van der Waals surface area contributed by atoms with E-state index < -0.39 is 47.1 Å². The Morgan fingerprint density at radius 3 is 2.44 bits per heavy atom. The smallest absolute Gasteiger partial charge is 0.335 e. The first-order valence-corrected chi connectivity index (χ1v) is 7.47. The van der Waals surface area contributed by atoms with E-state index >= 15 is 0 Å². The molecule has 1 aromatic rings. The van der Waals surface area contributed by atoms with Crippen LogP contribution in [0.15, 0.2) is 24.3 Å². The highest BCUT2D eigenvalue weighted by atomic mass is 16.8. The van der Waals surface area contributed by atoms with Gasteiger partial charge in [0.2, 0.25) is 0 Å². The summed E-state index contributed by atoms with van der Waals surface area (Å²) in [5.41, 5.74) is -0.00475. The summed E-state index contributed by atoms with van der Waals surface area (Å²) in [4.78, 5) is 33.8. The molecule has 2 aliphatic rings. The molecule has 0 unspecified atom stereocenters. The van der Waals surface area contributed by atoms with Gasteiger partial charge in [-0.15, -0.1) is 0 Å². The second kappa shape index (κ2) is 6.06. The van der Waals surface area contributed by atoms with Crippen molar-refractivity contribution in [3.05, 3.63) is 39.9 Å². The summed E-state index contributed by atoms with van der Waals surface area (Å²) in [5.74, 6) is -2.81. The fraction of sp³-hybridized carbons (Fsp3) is 0.467. The topological polar surface area (TPSA) is 137 Å². The van der Waals surface area contributed by atoms with Crippen LogP contribution in [0.5, 0.6) is 0 Å². The molecule has 2 saturated heterocycles. The first-order valence-electron chi connectivity index (χ1n) is 7.47. The van der Waals surface area contributed by atoms with Crippen molar-refractivity contribution in [3.63, 3.8) is 0 Å². The number of rotatable bonds is 4. The lowest BCUT2D eigenvalue weighted by atomic mass is 10.1. The molecule has 1 aromatic carbocycles. The Morgan fingerprint density at radius 1 is 1.24 bits per heavy atom. The van der Waals surface area contributed by atoms with Gasteiger partial charge in [0.1, 0.15) is 6.10 Å². The van der Waals surface area contributed by atoms with Crippen molar-refractivity contribution in [1.82, 2.24) is 5.32 Å². The predicted octanol–water partition coefficient (Wildman–Crippen LogP) is 0.654. The van der Waals surface area contributed by atoms with Crippen molar-refractivity contribution in [1.29, 1.82) is 0 Å². The Kier molecular flexibility index (Phi) is 4.19. The maximum atomic E-state index is 12.4. The Morgan fingerprint density at radius 2 is 1.88 bits per heavy atom. The van der Waals surface area contributed by atoms with E-state index in [4.69, 9.17) is 14.2 Å². The molecule has 10 nitrogen and oxygen atoms in total. The van der Waals surface area contributed by atoms with Gasteiger partial charge in [-0.2, -0.15) is 0 Å². The van der Waals surface area contributed by atoms with Crippen LogP contribution in [0.4, 0.5) is 5.69 Å². The predicted molar refractivity (Wildman–Crippen MR) is 80.7 cm³/mol. The molecule has 134 valence electrons. The average molecular weight is 352 g/mol. The molecular formula is C15H16N2O8. The molecule has 4 atom stereocenters. The molecular weight excluding hydrogens is 336 g/mol. The Labute approximate surface area is 141 Å². The monoisotopic (exact) mass is 352 g/mol. The lowest BCUT2D eigenvalue weighted by molar-refractivity contribution is -0.384. The maximum Gasteiger partial charge on any atom is 0.335 e. The number of hydrogen-bond acceptors (Lipinski definition) is 7. The van der Waals surface area contributed by atoms with Gasteiger partial charge in [-0.3, -0.25) is 14.9 Å². The summed E-state index contributed by atoms with van der Waals surface area (Å²) in [5, 5.41) is 22.5. The van der Waals surface area contributed by atoms with Gasteiger partial charge in [-0.05, 0) is 26.0 Å². The van der Waals surface area contributed by atoms with Crippen molar-refractivity contribution >= 4 is 17.6 Å². The molecule has 25 heavy (non-hydrogen) atoms. The van der Waals surface area contributed by atoms with E-state index in [1.165, 1.54) is 24.3 Å². The molecule has 2 fully saturated rings. The average Bonchev–Trinajstić information content (AvgIpc) is 3.00. The molecule has 2 aliphatic heterocycles. The van der Waals surface area contributed by atoms with Gasteiger partial charge in [0.05, 0.1) is 11.0 Å². The first kappa shape index (κ1) is 17.3. The Bertz CT molecular complexity index is 717. The molecule has 0 aliphatic carbocycles. The lowest BCUT2D eigenvalue weighted by Gasteiger charge is -2.24. The van der Waals surface area contributed by atoms with Crippen LogP contribution in [0.2, 0.25) is 0 Å². The zero-order valence-corrected chi connectivity index (χ0v) is 13.4. The summed E-state index contributed by atoms with van der Waals surface area (Å²) in [6.07, 6.45) is -3.01. The number of ether oxygens (including phenoxy) is 3. The maximum absolute atomic E-state index is 12.4. The highest BCUT2D eigenvalue weighted by Gasteiger charge is 2.57. The van der Waals surface area contributed by atoms with Crippen LogP contribution in [0.3, 0.4) is 0 Å². The van der Waals surface area contributed by atoms with Gasteiger partial charge in [0.25, 0.3) is 11.6 Å². The fourth-order valence-electron chi connectivity index (χ4n) is 2.85. The fourth-order valence-corrected chi connectivity index (χ4v) is 2.85. The van der Waals surface area contributed by atoms with Crippen LogP contribution in [0, 0.1) is 10.1 Å². The van der Waals surface area contributed by atoms with E-state index in [-0.39, 0.29) is 11.3 Å². The van der Waals surface area contributed by atoms with Gasteiger partial charge in [-0.1, -0.05) is 0 Å². The van der Waals surface area contributed by atoms with Gasteiger partial charge in [0, 0.05) is 17.7 Å². The van der Waals surface area contributed by atoms with Gasteiger partial charge < -0.3 is 24.6 Å². The number of benzene rings is 1. The van der Waals surface area contributed by atoms with Gasteiger partial charge >= 0.3 is 5.97 Å². The molecule has 0 bridgehead atoms. The Hall–Kier alpha value is -2.56. The van der Waals surface area contributed by atoms with Crippen molar-refractivity contribution < 1.29 is 33.8 Å². The minimum Gasteiger partial charge on any atom is -0.479 e. The summed E-state index contributed by atoms with van der Waals surface area (Å²) >= 11 is 0. The highest BCUT2D eigenvalue weighted by molar-refractivity contribution is 5.95. The third-order valence-corrected chi connectivity index (χ3v) is 3.93. The van der Waals surface area contributed by atoms with Crippen LogP contribution in [-0.2, 0) is 19.0 Å². The number of amides is 1. The molecule has 3 rings (SSSR count). The second-order valence-electron chi connectivity index (χ2n) is 6.17. The normalized spacial score (nSPS) is 29.8. The second-order valence-corrected chi connectivity index (χ2v) is 6.17. The van der Waals surface area contributed by atoms with E-state index in [1.54, 1.807) is 13.8 Å². The number of hydrogen-bond donors (Lipinski definition) is 2. The van der Waals surface area contributed by atoms with E-state index in [0.29, 0.717) is 0 Å². The number of nitro groups is 1. The van der Waals surface area contributed by atoms with E-state index in [0.717, 1.165) is 0 Å². The van der Waals surface area contributed by atoms with Crippen LogP contribution < -0.4 is 5.32 Å². The zero-order valence-electron chi connectivity index (χ0n) is 13.4. The SMILES string of the molecule is CC1(C)O[C@H]2O[C@H](C(=O)O)[C@@H](NC(=O)c3ccc([N+](=O)[O-])cc3)[C@H]2O1. The quantitative estimate of drug-likeness (QED) is 0.595. The molecule has 0 radical (unpaired) electrons. The molecule has 0 aromatic heterocycles. The third-order valence-electron chi connectivity index (χ3n) is 3.93. The lowest BCUT2D eigenvalue weighted by Crippen LogP contribution is -2.50. The molecule has 0 saturated carbocycles. The number of carbonyl (C=O) groups is 2. The van der Waals surface area contributed by atoms with E-state index in [9.17, 15) is 24.8 Å².